The minimum absolute atomic E-state index is 0.800. The molecule has 0 aromatic heterocycles. The standard InChI is InChI=1S/C25H16O/c26-25(19-16-22-10-4-1-5-11-22,20-17-23-12-6-2-7-13-23)21-18-24-14-8-3-9-15-24/h1-15,26H. The summed E-state index contributed by atoms with van der Waals surface area (Å²) >= 11 is 0. The first-order chi connectivity index (χ1) is 12.7. The zero-order valence-corrected chi connectivity index (χ0v) is 14.1. The summed E-state index contributed by atoms with van der Waals surface area (Å²) in [5.74, 6) is 17.3. The quantitative estimate of drug-likeness (QED) is 0.620. The van der Waals surface area contributed by atoms with Crippen molar-refractivity contribution in [3.8, 4) is 35.5 Å². The summed E-state index contributed by atoms with van der Waals surface area (Å²) in [6.07, 6.45) is 0. The van der Waals surface area contributed by atoms with Crippen LogP contribution in [0.1, 0.15) is 16.7 Å². The van der Waals surface area contributed by atoms with Gasteiger partial charge >= 0.3 is 0 Å². The van der Waals surface area contributed by atoms with E-state index in [-0.39, 0.29) is 0 Å². The topological polar surface area (TPSA) is 20.2 Å². The Morgan fingerprint density at radius 3 is 1.00 bits per heavy atom. The average molecular weight is 332 g/mol. The van der Waals surface area contributed by atoms with Crippen LogP contribution in [0.4, 0.5) is 0 Å². The highest BCUT2D eigenvalue weighted by Crippen LogP contribution is 2.05. The third-order valence-corrected chi connectivity index (χ3v) is 3.48. The summed E-state index contributed by atoms with van der Waals surface area (Å²) < 4.78 is 0. The van der Waals surface area contributed by atoms with Gasteiger partial charge < -0.3 is 5.11 Å². The van der Waals surface area contributed by atoms with Crippen LogP contribution in [0.15, 0.2) is 91.0 Å². The van der Waals surface area contributed by atoms with Crippen LogP contribution in [0.25, 0.3) is 0 Å². The van der Waals surface area contributed by atoms with E-state index in [0.29, 0.717) is 0 Å². The Balaban J connectivity index is 1.97. The summed E-state index contributed by atoms with van der Waals surface area (Å²) in [4.78, 5) is 0. The van der Waals surface area contributed by atoms with Crippen LogP contribution in [0.5, 0.6) is 0 Å². The second-order valence-corrected chi connectivity index (χ2v) is 5.56. The van der Waals surface area contributed by atoms with E-state index in [9.17, 15) is 5.11 Å². The summed E-state index contributed by atoms with van der Waals surface area (Å²) in [5, 5.41) is 10.9. The van der Waals surface area contributed by atoms with Crippen molar-refractivity contribution in [1.29, 1.82) is 0 Å². The third-order valence-electron chi connectivity index (χ3n) is 3.48. The monoisotopic (exact) mass is 332 g/mol. The van der Waals surface area contributed by atoms with Gasteiger partial charge in [0.15, 0.2) is 0 Å². The molecule has 0 heterocycles. The van der Waals surface area contributed by atoms with Gasteiger partial charge in [0.2, 0.25) is 0 Å². The van der Waals surface area contributed by atoms with Crippen molar-refractivity contribution in [3.63, 3.8) is 0 Å². The highest BCUT2D eigenvalue weighted by atomic mass is 16.3. The molecule has 1 nitrogen and oxygen atoms in total. The smallest absolute Gasteiger partial charge is 0.252 e. The number of hydrogen-bond acceptors (Lipinski definition) is 1. The first-order valence-corrected chi connectivity index (χ1v) is 8.21. The molecule has 0 bridgehead atoms. The SMILES string of the molecule is OC(C#Cc1ccccc1)(C#Cc1ccccc1)C#Cc1ccccc1. The fraction of sp³-hybridized carbons (Fsp3) is 0.0400. The van der Waals surface area contributed by atoms with E-state index >= 15 is 0 Å². The van der Waals surface area contributed by atoms with Crippen LogP contribution in [-0.4, -0.2) is 10.7 Å². The Morgan fingerprint density at radius 1 is 0.462 bits per heavy atom. The van der Waals surface area contributed by atoms with E-state index < -0.39 is 5.60 Å². The van der Waals surface area contributed by atoms with E-state index in [4.69, 9.17) is 0 Å². The Kier molecular flexibility index (Phi) is 5.54. The maximum absolute atomic E-state index is 10.9. The van der Waals surface area contributed by atoms with Crippen molar-refractivity contribution >= 4 is 0 Å². The van der Waals surface area contributed by atoms with Crippen LogP contribution in [0.3, 0.4) is 0 Å². The molecule has 0 radical (unpaired) electrons. The molecule has 0 fully saturated rings. The van der Waals surface area contributed by atoms with Crippen LogP contribution in [-0.2, 0) is 0 Å². The first-order valence-electron chi connectivity index (χ1n) is 8.21. The maximum Gasteiger partial charge on any atom is 0.252 e. The zero-order valence-electron chi connectivity index (χ0n) is 14.1. The number of aliphatic hydroxyl groups is 1. The van der Waals surface area contributed by atoms with Gasteiger partial charge in [0.1, 0.15) is 0 Å². The average Bonchev–Trinajstić information content (AvgIpc) is 2.72. The summed E-state index contributed by atoms with van der Waals surface area (Å²) in [5.41, 5.74) is 0.679. The summed E-state index contributed by atoms with van der Waals surface area (Å²) in [7, 11) is 0. The van der Waals surface area contributed by atoms with Gasteiger partial charge in [-0.25, -0.2) is 0 Å². The van der Waals surface area contributed by atoms with Gasteiger partial charge in [-0.15, -0.1) is 0 Å². The van der Waals surface area contributed by atoms with E-state index in [2.05, 4.69) is 35.5 Å². The van der Waals surface area contributed by atoms with E-state index in [1.165, 1.54) is 0 Å². The van der Waals surface area contributed by atoms with Crippen molar-refractivity contribution in [2.45, 2.75) is 5.60 Å². The summed E-state index contributed by atoms with van der Waals surface area (Å²) in [6, 6.07) is 28.4. The number of hydrogen-bond donors (Lipinski definition) is 1. The fourth-order valence-electron chi connectivity index (χ4n) is 2.15. The van der Waals surface area contributed by atoms with Crippen molar-refractivity contribution < 1.29 is 5.11 Å². The molecule has 0 saturated heterocycles. The predicted octanol–water partition coefficient (Wildman–Crippen LogP) is 3.87. The van der Waals surface area contributed by atoms with Gasteiger partial charge in [0.05, 0.1) is 0 Å². The van der Waals surface area contributed by atoms with Crippen molar-refractivity contribution in [1.82, 2.24) is 0 Å². The molecule has 0 aliphatic heterocycles. The maximum atomic E-state index is 10.9. The van der Waals surface area contributed by atoms with Crippen molar-refractivity contribution in [2.24, 2.45) is 0 Å². The number of rotatable bonds is 0. The molecule has 26 heavy (non-hydrogen) atoms. The van der Waals surface area contributed by atoms with Crippen LogP contribution < -0.4 is 0 Å². The largest absolute Gasteiger partial charge is 0.357 e. The lowest BCUT2D eigenvalue weighted by Crippen LogP contribution is -2.21. The lowest BCUT2D eigenvalue weighted by Gasteiger charge is -2.06. The second-order valence-electron chi connectivity index (χ2n) is 5.56. The van der Waals surface area contributed by atoms with Gasteiger partial charge in [-0.1, -0.05) is 72.4 Å². The van der Waals surface area contributed by atoms with E-state index in [1.54, 1.807) is 0 Å². The molecule has 0 spiro atoms. The van der Waals surface area contributed by atoms with Gasteiger partial charge in [-0.3, -0.25) is 0 Å². The Hall–Kier alpha value is -3.70. The molecule has 0 aliphatic rings. The molecule has 1 N–H and O–H groups in total. The molecule has 0 unspecified atom stereocenters. The van der Waals surface area contributed by atoms with Crippen LogP contribution in [0, 0.1) is 35.5 Å². The minimum Gasteiger partial charge on any atom is -0.357 e. The van der Waals surface area contributed by atoms with Gasteiger partial charge in [-0.2, -0.15) is 0 Å². The van der Waals surface area contributed by atoms with Crippen LogP contribution >= 0.6 is 0 Å². The van der Waals surface area contributed by atoms with Crippen molar-refractivity contribution in [2.75, 3.05) is 0 Å². The molecule has 0 amide bonds. The van der Waals surface area contributed by atoms with Gasteiger partial charge in [0, 0.05) is 16.7 Å². The first kappa shape index (κ1) is 17.1. The highest BCUT2D eigenvalue weighted by molar-refractivity contribution is 5.51. The zero-order chi connectivity index (χ0) is 18.1. The molecule has 3 aromatic rings. The lowest BCUT2D eigenvalue weighted by atomic mass is 10.0. The third kappa shape index (κ3) is 5.15. The Bertz CT molecular complexity index is 893. The molecule has 122 valence electrons. The summed E-state index contributed by atoms with van der Waals surface area (Å²) in [6.45, 7) is 0. The molecule has 0 aliphatic carbocycles. The molecular formula is C25H16O. The molecule has 3 aromatic carbocycles. The fourth-order valence-corrected chi connectivity index (χ4v) is 2.15. The highest BCUT2D eigenvalue weighted by Gasteiger charge is 2.17. The lowest BCUT2D eigenvalue weighted by molar-refractivity contribution is 0.224. The van der Waals surface area contributed by atoms with E-state index in [0.717, 1.165) is 16.7 Å². The predicted molar refractivity (Wildman–Crippen MR) is 105 cm³/mol. The molecule has 3 rings (SSSR count). The van der Waals surface area contributed by atoms with Gasteiger partial charge in [0.25, 0.3) is 5.60 Å². The molecule has 0 saturated carbocycles. The molecule has 1 heteroatoms. The molecule has 0 atom stereocenters. The molecular weight excluding hydrogens is 316 g/mol. The van der Waals surface area contributed by atoms with Gasteiger partial charge in [-0.05, 0) is 54.2 Å². The second kappa shape index (κ2) is 8.41. The van der Waals surface area contributed by atoms with Crippen LogP contribution in [0.2, 0.25) is 0 Å². The minimum atomic E-state index is -1.72. The Labute approximate surface area is 154 Å². The van der Waals surface area contributed by atoms with Crippen molar-refractivity contribution in [3.05, 3.63) is 108 Å². The number of benzene rings is 3. The van der Waals surface area contributed by atoms with E-state index in [1.807, 2.05) is 91.0 Å². The normalized spacial score (nSPS) is 9.58. The Morgan fingerprint density at radius 2 is 0.731 bits per heavy atom.